The number of carboxylic acid groups (broad SMARTS) is 1. The molecule has 4 aromatic rings. The molecule has 3 N–H and O–H groups in total. The van der Waals surface area contributed by atoms with E-state index in [4.69, 9.17) is 26.1 Å². The molecule has 4 aromatic carbocycles. The average molecular weight is 652 g/mol. The first-order valence-electron chi connectivity index (χ1n) is 12.4. The predicted molar refractivity (Wildman–Crippen MR) is 156 cm³/mol. The van der Waals surface area contributed by atoms with Crippen LogP contribution in [-0.4, -0.2) is 40.7 Å². The van der Waals surface area contributed by atoms with E-state index in [1.54, 1.807) is 42.5 Å². The van der Waals surface area contributed by atoms with Crippen LogP contribution in [0, 0.1) is 0 Å². The van der Waals surface area contributed by atoms with Gasteiger partial charge in [0, 0.05) is 13.1 Å². The Morgan fingerprint density at radius 1 is 0.907 bits per heavy atom. The molecule has 0 spiro atoms. The Morgan fingerprint density at radius 2 is 1.53 bits per heavy atom. The Bertz CT molecular complexity index is 1810. The number of halogens is 3. The monoisotopic (exact) mass is 651 g/mol. The van der Waals surface area contributed by atoms with Gasteiger partial charge in [-0.15, -0.1) is 0 Å². The van der Waals surface area contributed by atoms with Gasteiger partial charge in [0.1, 0.15) is 10.6 Å². The highest BCUT2D eigenvalue weighted by atomic mass is 35.5. The van der Waals surface area contributed by atoms with Crippen LogP contribution >= 0.6 is 19.2 Å². The first kappa shape index (κ1) is 32.3. The van der Waals surface area contributed by atoms with Gasteiger partial charge in [0.25, 0.3) is 0 Å². The lowest BCUT2D eigenvalue weighted by Crippen LogP contribution is -2.30. The Kier molecular flexibility index (Phi) is 9.41. The van der Waals surface area contributed by atoms with Crippen molar-refractivity contribution in [3.05, 3.63) is 118 Å². The van der Waals surface area contributed by atoms with Gasteiger partial charge in [0.05, 0.1) is 23.3 Å². The molecular formula is C29H25ClF2NO8PS. The molecule has 0 heterocycles. The second-order valence-electron chi connectivity index (χ2n) is 9.41. The fourth-order valence-electron chi connectivity index (χ4n) is 4.30. The molecule has 14 heteroatoms. The van der Waals surface area contributed by atoms with Gasteiger partial charge in [0.15, 0.2) is 0 Å². The van der Waals surface area contributed by atoms with Crippen molar-refractivity contribution in [2.75, 3.05) is 7.11 Å². The van der Waals surface area contributed by atoms with E-state index in [9.17, 15) is 31.7 Å². The number of nitrogens with zero attached hydrogens (tertiary/aromatic N) is 1. The van der Waals surface area contributed by atoms with E-state index in [2.05, 4.69) is 0 Å². The van der Waals surface area contributed by atoms with Crippen LogP contribution in [0.4, 0.5) is 8.78 Å². The summed E-state index contributed by atoms with van der Waals surface area (Å²) < 4.78 is 74.1. The number of para-hydroxylation sites is 1. The van der Waals surface area contributed by atoms with Crippen molar-refractivity contribution in [3.63, 3.8) is 0 Å². The fourth-order valence-corrected chi connectivity index (χ4v) is 6.77. The van der Waals surface area contributed by atoms with E-state index in [1.807, 2.05) is 0 Å². The molecule has 0 aliphatic heterocycles. The largest absolute Gasteiger partial charge is 0.495 e. The molecule has 0 saturated heterocycles. The van der Waals surface area contributed by atoms with Crippen molar-refractivity contribution in [1.29, 1.82) is 0 Å². The fraction of sp³-hybridized carbons (Fsp3) is 0.138. The predicted octanol–water partition coefficient (Wildman–Crippen LogP) is 6.33. The third kappa shape index (κ3) is 6.96. The summed E-state index contributed by atoms with van der Waals surface area (Å²) in [5, 5.41) is 8.64. The van der Waals surface area contributed by atoms with Crippen LogP contribution in [0.5, 0.6) is 5.75 Å². The number of ether oxygens (including phenoxy) is 1. The maximum atomic E-state index is 14.3. The van der Waals surface area contributed by atoms with Crippen LogP contribution in [0.25, 0.3) is 11.1 Å². The first-order chi connectivity index (χ1) is 20.1. The van der Waals surface area contributed by atoms with Crippen LogP contribution in [0.3, 0.4) is 0 Å². The summed E-state index contributed by atoms with van der Waals surface area (Å²) in [7, 11) is -8.83. The number of alkyl halides is 2. The molecule has 0 fully saturated rings. The van der Waals surface area contributed by atoms with E-state index in [1.165, 1.54) is 37.4 Å². The Morgan fingerprint density at radius 3 is 2.14 bits per heavy atom. The SMILES string of the molecule is COc1ccccc1S(=O)(=O)N(Cc1ccc(-c2cccc(C(=O)O)c2)cc1)Cc1ccc(C(F)(F)P(=O)(O)O)c(Cl)c1. The summed E-state index contributed by atoms with van der Waals surface area (Å²) in [5.74, 6) is -0.995. The third-order valence-corrected chi connectivity index (χ3v) is 9.64. The second-order valence-corrected chi connectivity index (χ2v) is 13.4. The summed E-state index contributed by atoms with van der Waals surface area (Å²) in [6.07, 6.45) is 0. The summed E-state index contributed by atoms with van der Waals surface area (Å²) in [6.45, 7) is -0.516. The Labute approximate surface area is 251 Å². The number of methoxy groups -OCH3 is 1. The molecular weight excluding hydrogens is 627 g/mol. The molecule has 9 nitrogen and oxygen atoms in total. The number of aromatic carboxylic acids is 1. The van der Waals surface area contributed by atoms with Crippen molar-refractivity contribution in [2.24, 2.45) is 0 Å². The number of hydrogen-bond acceptors (Lipinski definition) is 5. The highest BCUT2D eigenvalue weighted by Crippen LogP contribution is 2.60. The zero-order valence-corrected chi connectivity index (χ0v) is 24.9. The van der Waals surface area contributed by atoms with Crippen molar-refractivity contribution in [3.8, 4) is 16.9 Å². The standard InChI is InChI=1S/C29H25ClF2NO8PS/c1-41-26-7-2-3-8-27(26)43(39,40)33(18-20-11-14-24(25(30)15-20)29(31,32)42(36,37)38)17-19-9-12-21(13-10-19)22-5-4-6-23(16-22)28(34)35/h2-16H,17-18H2,1H3,(H,34,35)(H2,36,37,38). The van der Waals surface area contributed by atoms with Crippen LogP contribution in [0.15, 0.2) is 95.9 Å². The van der Waals surface area contributed by atoms with E-state index in [0.29, 0.717) is 16.7 Å². The van der Waals surface area contributed by atoms with Gasteiger partial charge < -0.3 is 19.6 Å². The molecule has 0 radical (unpaired) electrons. The van der Waals surface area contributed by atoms with E-state index in [0.717, 1.165) is 22.5 Å². The van der Waals surface area contributed by atoms with Crippen molar-refractivity contribution in [1.82, 2.24) is 4.31 Å². The molecule has 0 aromatic heterocycles. The van der Waals surface area contributed by atoms with Gasteiger partial charge in [-0.3, -0.25) is 4.57 Å². The lowest BCUT2D eigenvalue weighted by atomic mass is 10.0. The minimum absolute atomic E-state index is 0.0795. The van der Waals surface area contributed by atoms with Crippen LogP contribution in [0.2, 0.25) is 5.02 Å². The van der Waals surface area contributed by atoms with Crippen LogP contribution < -0.4 is 4.74 Å². The molecule has 4 rings (SSSR count). The number of hydrogen-bond donors (Lipinski definition) is 3. The van der Waals surface area contributed by atoms with Gasteiger partial charge in [0.2, 0.25) is 10.0 Å². The minimum atomic E-state index is -5.88. The highest BCUT2D eigenvalue weighted by Gasteiger charge is 2.51. The first-order valence-corrected chi connectivity index (χ1v) is 15.9. The van der Waals surface area contributed by atoms with E-state index < -0.39 is 39.8 Å². The van der Waals surface area contributed by atoms with Crippen molar-refractivity contribution in [2.45, 2.75) is 23.6 Å². The quantitative estimate of drug-likeness (QED) is 0.160. The smallest absolute Gasteiger partial charge is 0.399 e. The molecule has 0 aliphatic carbocycles. The number of carbonyl (C=O) groups is 1. The highest BCUT2D eigenvalue weighted by molar-refractivity contribution is 7.89. The zero-order valence-electron chi connectivity index (χ0n) is 22.4. The van der Waals surface area contributed by atoms with Gasteiger partial charge in [-0.05, 0) is 52.6 Å². The molecule has 43 heavy (non-hydrogen) atoms. The molecule has 0 atom stereocenters. The van der Waals surface area contributed by atoms with Gasteiger partial charge in [-0.1, -0.05) is 72.3 Å². The molecule has 0 aliphatic rings. The summed E-state index contributed by atoms with van der Waals surface area (Å²) in [5.41, 5.74) is -3.46. The lowest BCUT2D eigenvalue weighted by molar-refractivity contribution is 0.0565. The normalized spacial score (nSPS) is 12.3. The lowest BCUT2D eigenvalue weighted by Gasteiger charge is -2.24. The van der Waals surface area contributed by atoms with E-state index >= 15 is 0 Å². The Hall–Kier alpha value is -3.64. The summed E-state index contributed by atoms with van der Waals surface area (Å²) >= 11 is 6.00. The number of carboxylic acids is 1. The van der Waals surface area contributed by atoms with E-state index in [-0.39, 0.29) is 34.9 Å². The molecule has 0 bridgehead atoms. The maximum absolute atomic E-state index is 14.3. The maximum Gasteiger partial charge on any atom is 0.399 e. The molecule has 226 valence electrons. The van der Waals surface area contributed by atoms with Gasteiger partial charge in [-0.2, -0.15) is 13.1 Å². The van der Waals surface area contributed by atoms with Gasteiger partial charge >= 0.3 is 19.2 Å². The number of benzene rings is 4. The second kappa shape index (κ2) is 12.5. The molecule has 0 saturated carbocycles. The number of rotatable bonds is 11. The van der Waals surface area contributed by atoms with Crippen LogP contribution in [-0.2, 0) is 33.3 Å². The number of sulfonamides is 1. The van der Waals surface area contributed by atoms with Crippen molar-refractivity contribution >= 4 is 35.2 Å². The minimum Gasteiger partial charge on any atom is -0.495 e. The molecule has 0 amide bonds. The van der Waals surface area contributed by atoms with Crippen molar-refractivity contribution < 1.29 is 46.2 Å². The Balaban J connectivity index is 1.71. The summed E-state index contributed by atoms with van der Waals surface area (Å²) in [6, 6.07) is 21.9. The topological polar surface area (TPSA) is 141 Å². The zero-order chi connectivity index (χ0) is 31.6. The average Bonchev–Trinajstić information content (AvgIpc) is 2.96. The third-order valence-electron chi connectivity index (χ3n) is 6.52. The van der Waals surface area contributed by atoms with Crippen LogP contribution in [0.1, 0.15) is 27.0 Å². The molecule has 0 unspecified atom stereocenters. The summed E-state index contributed by atoms with van der Waals surface area (Å²) in [4.78, 5) is 29.4. The van der Waals surface area contributed by atoms with Gasteiger partial charge in [-0.25, -0.2) is 13.2 Å².